The minimum Gasteiger partial charge on any atom is -0.306 e. The topological polar surface area (TPSA) is 52.7 Å². The number of hydrogen-bond donors (Lipinski definition) is 2. The highest BCUT2D eigenvalue weighted by atomic mass is 32.1. The van der Waals surface area contributed by atoms with Gasteiger partial charge in [-0.2, -0.15) is 0 Å². The highest BCUT2D eigenvalue weighted by Crippen LogP contribution is 2.27. The van der Waals surface area contributed by atoms with Crippen molar-refractivity contribution in [3.63, 3.8) is 0 Å². The van der Waals surface area contributed by atoms with Crippen LogP contribution in [0.1, 0.15) is 20.3 Å². The minimum atomic E-state index is -0.963. The van der Waals surface area contributed by atoms with Gasteiger partial charge in [0.1, 0.15) is 0 Å². The number of amides is 4. The molecule has 102 valence electrons. The molecule has 19 heavy (non-hydrogen) atoms. The van der Waals surface area contributed by atoms with Gasteiger partial charge in [-0.15, -0.1) is 12.6 Å². The van der Waals surface area contributed by atoms with E-state index in [0.717, 1.165) is 11.3 Å². The quantitative estimate of drug-likeness (QED) is 0.836. The highest BCUT2D eigenvalue weighted by Gasteiger charge is 2.44. The SMILES string of the molecule is CCCN1C(=O)N(c2ccccc2)C(=O)NC1(C)S. The van der Waals surface area contributed by atoms with Crippen LogP contribution in [-0.2, 0) is 0 Å². The molecule has 0 spiro atoms. The number of benzene rings is 1. The Hall–Kier alpha value is -1.69. The predicted octanol–water partition coefficient (Wildman–Crippen LogP) is 2.65. The van der Waals surface area contributed by atoms with Crippen LogP contribution in [0.5, 0.6) is 0 Å². The largest absolute Gasteiger partial charge is 0.335 e. The number of thiol groups is 1. The standard InChI is InChI=1S/C13H17N3O2S/c1-3-9-15-12(18)16(10-7-5-4-6-8-10)11(17)14-13(15,2)19/h4-8,19H,3,9H2,1-2H3,(H,14,17). The van der Waals surface area contributed by atoms with Crippen molar-refractivity contribution < 1.29 is 9.59 Å². The summed E-state index contributed by atoms with van der Waals surface area (Å²) in [6.45, 7) is 4.20. The lowest BCUT2D eigenvalue weighted by atomic mass is 10.2. The maximum absolute atomic E-state index is 12.5. The number of imide groups is 1. The van der Waals surface area contributed by atoms with Crippen LogP contribution < -0.4 is 10.2 Å². The second kappa shape index (κ2) is 5.13. The van der Waals surface area contributed by atoms with E-state index in [4.69, 9.17) is 0 Å². The first-order valence-electron chi connectivity index (χ1n) is 6.18. The van der Waals surface area contributed by atoms with Crippen LogP contribution in [0.4, 0.5) is 15.3 Å². The fourth-order valence-electron chi connectivity index (χ4n) is 2.06. The van der Waals surface area contributed by atoms with Crippen LogP contribution in [0.2, 0.25) is 0 Å². The first-order valence-corrected chi connectivity index (χ1v) is 6.63. The number of carbonyl (C=O) groups is 2. The molecule has 1 N–H and O–H groups in total. The predicted molar refractivity (Wildman–Crippen MR) is 77.2 cm³/mol. The molecule has 6 heteroatoms. The number of anilines is 1. The molecule has 0 bridgehead atoms. The maximum atomic E-state index is 12.5. The van der Waals surface area contributed by atoms with Gasteiger partial charge in [0.05, 0.1) is 5.69 Å². The molecule has 0 aromatic heterocycles. The number of nitrogens with zero attached hydrogens (tertiary/aromatic N) is 2. The van der Waals surface area contributed by atoms with Gasteiger partial charge in [-0.1, -0.05) is 25.1 Å². The van der Waals surface area contributed by atoms with Crippen molar-refractivity contribution in [1.29, 1.82) is 0 Å². The molecule has 1 saturated heterocycles. The van der Waals surface area contributed by atoms with Crippen molar-refractivity contribution in [2.45, 2.75) is 25.3 Å². The van der Waals surface area contributed by atoms with Crippen molar-refractivity contribution in [3.8, 4) is 0 Å². The Bertz CT molecular complexity index is 490. The van der Waals surface area contributed by atoms with Gasteiger partial charge in [-0.3, -0.25) is 4.90 Å². The second-order valence-corrected chi connectivity index (χ2v) is 5.43. The summed E-state index contributed by atoms with van der Waals surface area (Å²) in [5, 5.41) is 2.73. The lowest BCUT2D eigenvalue weighted by molar-refractivity contribution is 0.146. The highest BCUT2D eigenvalue weighted by molar-refractivity contribution is 7.81. The molecular weight excluding hydrogens is 262 g/mol. The Balaban J connectivity index is 2.36. The van der Waals surface area contributed by atoms with Crippen LogP contribution in [0.25, 0.3) is 0 Å². The van der Waals surface area contributed by atoms with Gasteiger partial charge in [0.15, 0.2) is 4.99 Å². The van der Waals surface area contributed by atoms with Crippen molar-refractivity contribution >= 4 is 30.4 Å². The summed E-state index contributed by atoms with van der Waals surface area (Å²) in [6, 6.07) is 8.05. The number of para-hydroxylation sites is 1. The maximum Gasteiger partial charge on any atom is 0.335 e. The van der Waals surface area contributed by atoms with Crippen LogP contribution in [0.3, 0.4) is 0 Å². The Labute approximate surface area is 118 Å². The van der Waals surface area contributed by atoms with Gasteiger partial charge >= 0.3 is 12.1 Å². The molecule has 1 atom stereocenters. The van der Waals surface area contributed by atoms with Gasteiger partial charge in [-0.05, 0) is 25.5 Å². The van der Waals surface area contributed by atoms with Gasteiger partial charge < -0.3 is 5.32 Å². The summed E-state index contributed by atoms with van der Waals surface area (Å²) in [5.74, 6) is 0. The fourth-order valence-corrected chi connectivity index (χ4v) is 2.34. The van der Waals surface area contributed by atoms with E-state index in [2.05, 4.69) is 17.9 Å². The van der Waals surface area contributed by atoms with E-state index < -0.39 is 11.0 Å². The summed E-state index contributed by atoms with van der Waals surface area (Å²) >= 11 is 4.37. The fraction of sp³-hybridized carbons (Fsp3) is 0.385. The number of rotatable bonds is 3. The zero-order valence-electron chi connectivity index (χ0n) is 11.0. The molecule has 1 unspecified atom stereocenters. The van der Waals surface area contributed by atoms with E-state index in [1.54, 1.807) is 36.1 Å². The Morgan fingerprint density at radius 1 is 1.26 bits per heavy atom. The normalized spacial score (nSPS) is 23.5. The van der Waals surface area contributed by atoms with E-state index in [0.29, 0.717) is 12.2 Å². The van der Waals surface area contributed by atoms with E-state index in [1.165, 1.54) is 0 Å². The zero-order valence-corrected chi connectivity index (χ0v) is 11.9. The minimum absolute atomic E-state index is 0.352. The molecule has 1 fully saturated rings. The van der Waals surface area contributed by atoms with Crippen molar-refractivity contribution in [2.24, 2.45) is 0 Å². The lowest BCUT2D eigenvalue weighted by Gasteiger charge is -2.45. The molecule has 0 saturated carbocycles. The monoisotopic (exact) mass is 279 g/mol. The molecule has 1 aliphatic rings. The van der Waals surface area contributed by atoms with Gasteiger partial charge in [0, 0.05) is 6.54 Å². The van der Waals surface area contributed by atoms with Crippen molar-refractivity contribution in [1.82, 2.24) is 10.2 Å². The number of carbonyl (C=O) groups excluding carboxylic acids is 2. The molecule has 1 aromatic rings. The van der Waals surface area contributed by atoms with Crippen molar-refractivity contribution in [3.05, 3.63) is 30.3 Å². The first kappa shape index (κ1) is 13.7. The number of nitrogens with one attached hydrogen (secondary N) is 1. The van der Waals surface area contributed by atoms with Crippen molar-refractivity contribution in [2.75, 3.05) is 11.4 Å². The molecular formula is C13H17N3O2S. The third kappa shape index (κ3) is 2.53. The average molecular weight is 279 g/mol. The lowest BCUT2D eigenvalue weighted by Crippen LogP contribution is -2.69. The second-order valence-electron chi connectivity index (χ2n) is 4.56. The van der Waals surface area contributed by atoms with E-state index in [-0.39, 0.29) is 6.03 Å². The molecule has 1 aromatic carbocycles. The summed E-state index contributed by atoms with van der Waals surface area (Å²) < 4.78 is 0. The zero-order chi connectivity index (χ0) is 14.0. The van der Waals surface area contributed by atoms with E-state index >= 15 is 0 Å². The summed E-state index contributed by atoms with van der Waals surface area (Å²) in [5.41, 5.74) is 0.551. The van der Waals surface area contributed by atoms with Crippen LogP contribution in [0.15, 0.2) is 30.3 Å². The summed E-state index contributed by atoms with van der Waals surface area (Å²) in [7, 11) is 0. The van der Waals surface area contributed by atoms with Gasteiger partial charge in [0.2, 0.25) is 0 Å². The molecule has 1 heterocycles. The third-order valence-electron chi connectivity index (χ3n) is 2.96. The molecule has 2 rings (SSSR count). The molecule has 5 nitrogen and oxygen atoms in total. The van der Waals surface area contributed by atoms with E-state index in [1.807, 2.05) is 13.0 Å². The molecule has 1 aliphatic heterocycles. The number of hydrogen-bond acceptors (Lipinski definition) is 3. The summed E-state index contributed by atoms with van der Waals surface area (Å²) in [6.07, 6.45) is 0.792. The molecule has 0 radical (unpaired) electrons. The van der Waals surface area contributed by atoms with E-state index in [9.17, 15) is 9.59 Å². The number of urea groups is 2. The Morgan fingerprint density at radius 3 is 2.47 bits per heavy atom. The Morgan fingerprint density at radius 2 is 1.89 bits per heavy atom. The molecule has 4 amide bonds. The van der Waals surface area contributed by atoms with Gasteiger partial charge in [0.25, 0.3) is 0 Å². The Kier molecular flexibility index (Phi) is 3.71. The average Bonchev–Trinajstić information content (AvgIpc) is 2.35. The summed E-state index contributed by atoms with van der Waals surface area (Å²) in [4.78, 5) is 26.3. The van der Waals surface area contributed by atoms with Crippen LogP contribution in [-0.4, -0.2) is 28.5 Å². The third-order valence-corrected chi connectivity index (χ3v) is 3.31. The van der Waals surface area contributed by atoms with Gasteiger partial charge in [-0.25, -0.2) is 14.5 Å². The molecule has 0 aliphatic carbocycles. The smallest absolute Gasteiger partial charge is 0.306 e. The van der Waals surface area contributed by atoms with Crippen LogP contribution in [0, 0.1) is 0 Å². The first-order chi connectivity index (χ1) is 8.97. The van der Waals surface area contributed by atoms with Crippen LogP contribution >= 0.6 is 12.6 Å².